The molecule has 0 radical (unpaired) electrons. The highest BCUT2D eigenvalue weighted by Crippen LogP contribution is 2.29. The summed E-state index contributed by atoms with van der Waals surface area (Å²) in [6, 6.07) is 0. The molecule has 0 unspecified atom stereocenters. The summed E-state index contributed by atoms with van der Waals surface area (Å²) >= 11 is 0. The van der Waals surface area contributed by atoms with Crippen LogP contribution in [0.15, 0.2) is 57.1 Å². The molecule has 0 aromatic carbocycles. The molecule has 0 saturated heterocycles. The lowest BCUT2D eigenvalue weighted by Crippen LogP contribution is -1.97. The lowest BCUT2D eigenvalue weighted by molar-refractivity contribution is 1.16. The molecule has 0 fully saturated rings. The Morgan fingerprint density at radius 1 is 1.50 bits per heavy atom. The first-order valence-electron chi connectivity index (χ1n) is 5.49. The number of hydrogen-bond acceptors (Lipinski definition) is 2. The van der Waals surface area contributed by atoms with Crippen LogP contribution in [0.3, 0.4) is 0 Å². The normalized spacial score (nSPS) is 24.8. The average molecular weight is 212 g/mol. The Labute approximate surface area is 96.3 Å². The molecule has 0 aromatic heterocycles. The Morgan fingerprint density at radius 3 is 3.06 bits per heavy atom. The SMILES string of the molecule is CC1=C=C2C=CC/C2=C(\C=C(\C)N)CC=N1. The van der Waals surface area contributed by atoms with Gasteiger partial charge in [-0.1, -0.05) is 17.9 Å². The fraction of sp³-hybridized carbons (Fsp3) is 0.286. The van der Waals surface area contributed by atoms with Crippen LogP contribution >= 0.6 is 0 Å². The van der Waals surface area contributed by atoms with Gasteiger partial charge in [0, 0.05) is 23.9 Å². The fourth-order valence-electron chi connectivity index (χ4n) is 1.98. The smallest absolute Gasteiger partial charge is 0.0791 e. The van der Waals surface area contributed by atoms with Crippen molar-refractivity contribution < 1.29 is 0 Å². The maximum absolute atomic E-state index is 5.75. The number of aliphatic imine (C=N–C) groups is 1. The number of nitrogens with zero attached hydrogens (tertiary/aromatic N) is 1. The van der Waals surface area contributed by atoms with E-state index in [-0.39, 0.29) is 0 Å². The minimum absolute atomic E-state index is 0.837. The van der Waals surface area contributed by atoms with Crippen molar-refractivity contribution in [1.29, 1.82) is 0 Å². The summed E-state index contributed by atoms with van der Waals surface area (Å²) in [5.74, 6) is 0. The number of hydrogen-bond donors (Lipinski definition) is 1. The van der Waals surface area contributed by atoms with Gasteiger partial charge in [-0.2, -0.15) is 0 Å². The first-order valence-corrected chi connectivity index (χ1v) is 5.49. The molecule has 0 amide bonds. The summed E-state index contributed by atoms with van der Waals surface area (Å²) in [5, 5.41) is 0. The molecule has 82 valence electrons. The standard InChI is InChI=1S/C14H16N2/c1-10(15)8-13-6-7-16-11(2)9-12-4-3-5-14(12)13/h3-4,7-8H,5-6,15H2,1-2H3/b10-8-,14-13+,16-7?. The van der Waals surface area contributed by atoms with E-state index in [0.29, 0.717) is 0 Å². The van der Waals surface area contributed by atoms with Crippen molar-refractivity contribution in [3.8, 4) is 0 Å². The van der Waals surface area contributed by atoms with Crippen LogP contribution in [0.2, 0.25) is 0 Å². The zero-order chi connectivity index (χ0) is 11.5. The van der Waals surface area contributed by atoms with Gasteiger partial charge in [0.1, 0.15) is 0 Å². The molecule has 2 rings (SSSR count). The minimum Gasteiger partial charge on any atom is -0.402 e. The molecule has 16 heavy (non-hydrogen) atoms. The highest BCUT2D eigenvalue weighted by Gasteiger charge is 2.12. The zero-order valence-electron chi connectivity index (χ0n) is 9.75. The highest BCUT2D eigenvalue weighted by molar-refractivity contribution is 5.67. The van der Waals surface area contributed by atoms with Crippen molar-refractivity contribution in [2.45, 2.75) is 26.7 Å². The van der Waals surface area contributed by atoms with E-state index in [1.165, 1.54) is 11.1 Å². The lowest BCUT2D eigenvalue weighted by Gasteiger charge is -2.08. The molecule has 2 aliphatic rings. The molecule has 0 spiro atoms. The number of rotatable bonds is 1. The van der Waals surface area contributed by atoms with E-state index in [0.717, 1.165) is 29.8 Å². The Bertz CT molecular complexity index is 489. The monoisotopic (exact) mass is 212 g/mol. The van der Waals surface area contributed by atoms with E-state index in [9.17, 15) is 0 Å². The first-order chi connectivity index (χ1) is 7.66. The van der Waals surface area contributed by atoms with Gasteiger partial charge in [-0.3, -0.25) is 4.99 Å². The molecule has 1 heterocycles. The molecule has 2 heteroatoms. The number of allylic oxidation sites excluding steroid dienone is 7. The van der Waals surface area contributed by atoms with Crippen LogP contribution in [-0.2, 0) is 0 Å². The summed E-state index contributed by atoms with van der Waals surface area (Å²) in [6.45, 7) is 3.89. The topological polar surface area (TPSA) is 38.4 Å². The number of nitrogens with two attached hydrogens (primary N) is 1. The van der Waals surface area contributed by atoms with Crippen LogP contribution in [0.4, 0.5) is 0 Å². The summed E-state index contributed by atoms with van der Waals surface area (Å²) in [7, 11) is 0. The Morgan fingerprint density at radius 2 is 2.31 bits per heavy atom. The molecule has 0 bridgehead atoms. The first kappa shape index (κ1) is 10.7. The fourth-order valence-corrected chi connectivity index (χ4v) is 1.98. The second-order valence-corrected chi connectivity index (χ2v) is 4.14. The quantitative estimate of drug-likeness (QED) is 0.667. The third kappa shape index (κ3) is 2.23. The molecule has 0 atom stereocenters. The third-order valence-electron chi connectivity index (χ3n) is 2.63. The largest absolute Gasteiger partial charge is 0.402 e. The van der Waals surface area contributed by atoms with Crippen LogP contribution in [0, 0.1) is 0 Å². The van der Waals surface area contributed by atoms with Gasteiger partial charge in [0.2, 0.25) is 0 Å². The molecule has 2 N–H and O–H groups in total. The molecular formula is C14H16N2. The van der Waals surface area contributed by atoms with Crippen LogP contribution < -0.4 is 5.73 Å². The van der Waals surface area contributed by atoms with Crippen molar-refractivity contribution in [3.63, 3.8) is 0 Å². The van der Waals surface area contributed by atoms with Gasteiger partial charge < -0.3 is 5.73 Å². The molecule has 1 aliphatic heterocycles. The van der Waals surface area contributed by atoms with E-state index in [2.05, 4.69) is 22.9 Å². The third-order valence-corrected chi connectivity index (χ3v) is 2.63. The summed E-state index contributed by atoms with van der Waals surface area (Å²) in [5.41, 5.74) is 14.6. The predicted octanol–water partition coefficient (Wildman–Crippen LogP) is 3.01. The van der Waals surface area contributed by atoms with Gasteiger partial charge in [-0.05, 0) is 37.5 Å². The Balaban J connectivity index is 2.57. The van der Waals surface area contributed by atoms with Crippen LogP contribution in [0.25, 0.3) is 0 Å². The molecule has 2 nitrogen and oxygen atoms in total. The highest BCUT2D eigenvalue weighted by atomic mass is 14.7. The Hall–Kier alpha value is -1.79. The zero-order valence-corrected chi connectivity index (χ0v) is 9.75. The van der Waals surface area contributed by atoms with Gasteiger partial charge in [0.15, 0.2) is 0 Å². The van der Waals surface area contributed by atoms with Crippen molar-refractivity contribution in [2.24, 2.45) is 10.7 Å². The van der Waals surface area contributed by atoms with Crippen LogP contribution in [-0.4, -0.2) is 6.21 Å². The molecule has 0 saturated carbocycles. The summed E-state index contributed by atoms with van der Waals surface area (Å²) in [6.07, 6.45) is 10.1. The average Bonchev–Trinajstić information content (AvgIpc) is 2.61. The maximum Gasteiger partial charge on any atom is 0.0791 e. The molecular weight excluding hydrogens is 196 g/mol. The van der Waals surface area contributed by atoms with E-state index in [4.69, 9.17) is 5.73 Å². The van der Waals surface area contributed by atoms with E-state index in [1.807, 2.05) is 26.1 Å². The Kier molecular flexibility index (Phi) is 2.93. The van der Waals surface area contributed by atoms with E-state index >= 15 is 0 Å². The molecule has 1 aliphatic carbocycles. The summed E-state index contributed by atoms with van der Waals surface area (Å²) in [4.78, 5) is 4.32. The minimum atomic E-state index is 0.837. The van der Waals surface area contributed by atoms with E-state index < -0.39 is 0 Å². The van der Waals surface area contributed by atoms with Crippen molar-refractivity contribution in [3.05, 3.63) is 52.1 Å². The van der Waals surface area contributed by atoms with Crippen molar-refractivity contribution in [1.82, 2.24) is 0 Å². The summed E-state index contributed by atoms with van der Waals surface area (Å²) < 4.78 is 0. The number of fused-ring (bicyclic) bond motifs is 1. The van der Waals surface area contributed by atoms with Crippen molar-refractivity contribution >= 4 is 6.21 Å². The van der Waals surface area contributed by atoms with Crippen LogP contribution in [0.1, 0.15) is 26.7 Å². The van der Waals surface area contributed by atoms with Gasteiger partial charge in [-0.25, -0.2) is 0 Å². The van der Waals surface area contributed by atoms with Gasteiger partial charge in [0.25, 0.3) is 0 Å². The molecule has 0 aromatic rings. The second-order valence-electron chi connectivity index (χ2n) is 4.14. The predicted molar refractivity (Wildman–Crippen MR) is 68.0 cm³/mol. The van der Waals surface area contributed by atoms with Gasteiger partial charge >= 0.3 is 0 Å². The maximum atomic E-state index is 5.75. The van der Waals surface area contributed by atoms with Gasteiger partial charge in [-0.15, -0.1) is 0 Å². The van der Waals surface area contributed by atoms with Gasteiger partial charge in [0.05, 0.1) is 5.70 Å². The van der Waals surface area contributed by atoms with E-state index in [1.54, 1.807) is 0 Å². The lowest BCUT2D eigenvalue weighted by atomic mass is 9.98. The van der Waals surface area contributed by atoms with Crippen molar-refractivity contribution in [2.75, 3.05) is 0 Å². The van der Waals surface area contributed by atoms with Crippen LogP contribution in [0.5, 0.6) is 0 Å². The second kappa shape index (κ2) is 4.38.